The topological polar surface area (TPSA) is 58.3 Å². The van der Waals surface area contributed by atoms with E-state index in [1.54, 1.807) is 0 Å². The monoisotopic (exact) mass is 312 g/mol. The molecule has 4 heteroatoms. The molecular weight excluding hydrogens is 292 g/mol. The van der Waals surface area contributed by atoms with Crippen molar-refractivity contribution in [1.29, 1.82) is 0 Å². The molecule has 1 aromatic carbocycles. The Balaban J connectivity index is 2.08. The van der Waals surface area contributed by atoms with Crippen LogP contribution in [0, 0.1) is 0 Å². The van der Waals surface area contributed by atoms with Crippen molar-refractivity contribution in [1.82, 2.24) is 0 Å². The molecule has 0 amide bonds. The van der Waals surface area contributed by atoms with Crippen molar-refractivity contribution in [2.45, 2.75) is 50.7 Å². The summed E-state index contributed by atoms with van der Waals surface area (Å²) in [6.07, 6.45) is 5.20. The fraction of sp³-hybridized carbons (Fsp3) is 0.571. The average Bonchev–Trinajstić information content (AvgIpc) is 2.33. The van der Waals surface area contributed by atoms with Crippen LogP contribution in [-0.4, -0.2) is 16.7 Å². The molecule has 18 heavy (non-hydrogen) atoms. The van der Waals surface area contributed by atoms with Crippen LogP contribution in [0.2, 0.25) is 0 Å². The predicted molar refractivity (Wildman–Crippen MR) is 79.7 cm³/mol. The highest BCUT2D eigenvalue weighted by Gasteiger charge is 2.35. The molecule has 1 saturated carbocycles. The Kier molecular flexibility index (Phi) is 4.17. The lowest BCUT2D eigenvalue weighted by Gasteiger charge is -2.38. The SMILES string of the molecule is CC(Nc1ccc(Br)cc1N)C1(O)CCCCC1. The second kappa shape index (κ2) is 5.49. The van der Waals surface area contributed by atoms with Crippen molar-refractivity contribution in [2.24, 2.45) is 0 Å². The molecular formula is C14H21BrN2O. The minimum Gasteiger partial charge on any atom is -0.397 e. The number of nitrogens with two attached hydrogens (primary N) is 1. The second-order valence-electron chi connectivity index (χ2n) is 5.26. The number of aliphatic hydroxyl groups is 1. The highest BCUT2D eigenvalue weighted by molar-refractivity contribution is 9.10. The van der Waals surface area contributed by atoms with Gasteiger partial charge in [0.15, 0.2) is 0 Å². The third kappa shape index (κ3) is 2.98. The fourth-order valence-electron chi connectivity index (χ4n) is 2.63. The summed E-state index contributed by atoms with van der Waals surface area (Å²) in [5, 5.41) is 14.0. The Morgan fingerprint density at radius 2 is 2.00 bits per heavy atom. The van der Waals surface area contributed by atoms with E-state index in [0.29, 0.717) is 5.69 Å². The van der Waals surface area contributed by atoms with Crippen molar-refractivity contribution in [3.63, 3.8) is 0 Å². The van der Waals surface area contributed by atoms with Crippen LogP contribution in [0.1, 0.15) is 39.0 Å². The minimum atomic E-state index is -0.599. The zero-order valence-electron chi connectivity index (χ0n) is 10.7. The van der Waals surface area contributed by atoms with Crippen LogP contribution in [0.25, 0.3) is 0 Å². The quantitative estimate of drug-likeness (QED) is 0.748. The molecule has 1 aliphatic rings. The Hall–Kier alpha value is -0.740. The molecule has 0 bridgehead atoms. The molecule has 1 fully saturated rings. The summed E-state index contributed by atoms with van der Waals surface area (Å²) in [7, 11) is 0. The van der Waals surface area contributed by atoms with Crippen molar-refractivity contribution in [3.05, 3.63) is 22.7 Å². The van der Waals surface area contributed by atoms with E-state index in [-0.39, 0.29) is 6.04 Å². The fourth-order valence-corrected chi connectivity index (χ4v) is 3.01. The minimum absolute atomic E-state index is 0.0151. The molecule has 0 saturated heterocycles. The lowest BCUT2D eigenvalue weighted by atomic mass is 9.80. The van der Waals surface area contributed by atoms with Gasteiger partial charge in [-0.05, 0) is 38.0 Å². The Labute approximate surface area is 117 Å². The predicted octanol–water partition coefficient (Wildman–Crippen LogP) is 3.53. The van der Waals surface area contributed by atoms with Crippen molar-refractivity contribution in [2.75, 3.05) is 11.1 Å². The van der Waals surface area contributed by atoms with E-state index in [2.05, 4.69) is 21.2 Å². The number of nitrogens with one attached hydrogen (secondary N) is 1. The van der Waals surface area contributed by atoms with Gasteiger partial charge in [-0.3, -0.25) is 0 Å². The van der Waals surface area contributed by atoms with Gasteiger partial charge < -0.3 is 16.2 Å². The Morgan fingerprint density at radius 1 is 1.33 bits per heavy atom. The maximum Gasteiger partial charge on any atom is 0.0845 e. The lowest BCUT2D eigenvalue weighted by molar-refractivity contribution is -0.00875. The van der Waals surface area contributed by atoms with E-state index < -0.39 is 5.60 Å². The standard InChI is InChI=1S/C14H21BrN2O/c1-10(14(18)7-3-2-4-8-14)17-13-6-5-11(15)9-12(13)16/h5-6,9-10,17-18H,2-4,7-8,16H2,1H3. The molecule has 100 valence electrons. The van der Waals surface area contributed by atoms with Gasteiger partial charge in [-0.2, -0.15) is 0 Å². The van der Waals surface area contributed by atoms with Crippen LogP contribution in [-0.2, 0) is 0 Å². The zero-order valence-corrected chi connectivity index (χ0v) is 12.3. The highest BCUT2D eigenvalue weighted by atomic mass is 79.9. The van der Waals surface area contributed by atoms with Gasteiger partial charge in [0.05, 0.1) is 23.0 Å². The molecule has 2 rings (SSSR count). The van der Waals surface area contributed by atoms with E-state index in [0.717, 1.165) is 35.8 Å². The van der Waals surface area contributed by atoms with Crippen LogP contribution in [0.3, 0.4) is 0 Å². The normalized spacial score (nSPS) is 20.4. The van der Waals surface area contributed by atoms with Crippen LogP contribution in [0.5, 0.6) is 0 Å². The summed E-state index contributed by atoms with van der Waals surface area (Å²) >= 11 is 3.39. The first-order valence-electron chi connectivity index (χ1n) is 6.55. The van der Waals surface area contributed by atoms with E-state index >= 15 is 0 Å². The number of halogens is 1. The number of hydrogen-bond acceptors (Lipinski definition) is 3. The molecule has 0 aromatic heterocycles. The maximum absolute atomic E-state index is 10.6. The number of anilines is 2. The molecule has 1 aromatic rings. The molecule has 1 unspecified atom stereocenters. The van der Waals surface area contributed by atoms with Crippen LogP contribution in [0.4, 0.5) is 11.4 Å². The summed E-state index contributed by atoms with van der Waals surface area (Å²) < 4.78 is 0.967. The average molecular weight is 313 g/mol. The number of nitrogen functional groups attached to an aromatic ring is 1. The second-order valence-corrected chi connectivity index (χ2v) is 6.18. The Bertz CT molecular complexity index is 416. The molecule has 3 nitrogen and oxygen atoms in total. The van der Waals surface area contributed by atoms with Gasteiger partial charge in [-0.15, -0.1) is 0 Å². The van der Waals surface area contributed by atoms with Gasteiger partial charge in [0.1, 0.15) is 0 Å². The molecule has 0 aliphatic heterocycles. The van der Waals surface area contributed by atoms with Crippen LogP contribution in [0.15, 0.2) is 22.7 Å². The van der Waals surface area contributed by atoms with Gasteiger partial charge in [-0.25, -0.2) is 0 Å². The smallest absolute Gasteiger partial charge is 0.0845 e. The van der Waals surface area contributed by atoms with Crippen molar-refractivity contribution >= 4 is 27.3 Å². The summed E-state index contributed by atoms with van der Waals surface area (Å²) in [5.41, 5.74) is 6.97. The summed E-state index contributed by atoms with van der Waals surface area (Å²) in [6, 6.07) is 5.79. The third-order valence-electron chi connectivity index (χ3n) is 3.91. The zero-order chi connectivity index (χ0) is 13.2. The summed E-state index contributed by atoms with van der Waals surface area (Å²) in [6.45, 7) is 2.03. The summed E-state index contributed by atoms with van der Waals surface area (Å²) in [5.74, 6) is 0. The Morgan fingerprint density at radius 3 is 2.61 bits per heavy atom. The number of hydrogen-bond donors (Lipinski definition) is 3. The van der Waals surface area contributed by atoms with Crippen molar-refractivity contribution in [3.8, 4) is 0 Å². The van der Waals surface area contributed by atoms with E-state index in [1.165, 1.54) is 6.42 Å². The molecule has 4 N–H and O–H groups in total. The first-order chi connectivity index (χ1) is 8.51. The molecule has 0 radical (unpaired) electrons. The van der Waals surface area contributed by atoms with Gasteiger partial charge in [-0.1, -0.05) is 35.2 Å². The largest absolute Gasteiger partial charge is 0.397 e. The number of benzene rings is 1. The van der Waals surface area contributed by atoms with Gasteiger partial charge >= 0.3 is 0 Å². The summed E-state index contributed by atoms with van der Waals surface area (Å²) in [4.78, 5) is 0. The van der Waals surface area contributed by atoms with E-state index in [1.807, 2.05) is 25.1 Å². The van der Waals surface area contributed by atoms with Crippen LogP contribution >= 0.6 is 15.9 Å². The highest BCUT2D eigenvalue weighted by Crippen LogP contribution is 2.33. The molecule has 1 aliphatic carbocycles. The maximum atomic E-state index is 10.6. The van der Waals surface area contributed by atoms with Gasteiger partial charge in [0.25, 0.3) is 0 Å². The van der Waals surface area contributed by atoms with Crippen molar-refractivity contribution < 1.29 is 5.11 Å². The third-order valence-corrected chi connectivity index (χ3v) is 4.40. The first-order valence-corrected chi connectivity index (χ1v) is 7.34. The van der Waals surface area contributed by atoms with Gasteiger partial charge in [0.2, 0.25) is 0 Å². The van der Waals surface area contributed by atoms with Crippen LogP contribution < -0.4 is 11.1 Å². The molecule has 1 atom stereocenters. The molecule has 0 heterocycles. The number of rotatable bonds is 3. The lowest BCUT2D eigenvalue weighted by Crippen LogP contribution is -2.46. The first kappa shape index (κ1) is 13.7. The van der Waals surface area contributed by atoms with E-state index in [9.17, 15) is 5.11 Å². The van der Waals surface area contributed by atoms with Gasteiger partial charge in [0, 0.05) is 4.47 Å². The van der Waals surface area contributed by atoms with E-state index in [4.69, 9.17) is 5.73 Å². The molecule has 0 spiro atoms.